The third-order valence-corrected chi connectivity index (χ3v) is 2.78. The summed E-state index contributed by atoms with van der Waals surface area (Å²) in [7, 11) is 1.35. The number of aromatic nitrogens is 1. The molecule has 5 nitrogen and oxygen atoms in total. The zero-order chi connectivity index (χ0) is 14.5. The van der Waals surface area contributed by atoms with E-state index < -0.39 is 0 Å². The summed E-state index contributed by atoms with van der Waals surface area (Å²) in [6.45, 7) is 4.33. The molecule has 1 aromatic heterocycles. The molecule has 1 heterocycles. The Bertz CT molecular complexity index is 572. The first-order valence-electron chi connectivity index (χ1n) is 6.36. The van der Waals surface area contributed by atoms with Crippen LogP contribution in [0.25, 0.3) is 0 Å². The van der Waals surface area contributed by atoms with Crippen LogP contribution in [-0.2, 0) is 11.3 Å². The quantitative estimate of drug-likeness (QED) is 0.784. The number of rotatable bonds is 5. The molecule has 0 aliphatic rings. The Morgan fingerprint density at radius 3 is 2.55 bits per heavy atom. The minimum absolute atomic E-state index is 0.254. The van der Waals surface area contributed by atoms with Crippen LogP contribution < -0.4 is 4.74 Å². The van der Waals surface area contributed by atoms with Gasteiger partial charge in [0.25, 0.3) is 0 Å². The number of oxazole rings is 1. The molecule has 0 N–H and O–H groups in total. The Kier molecular flexibility index (Phi) is 4.40. The highest BCUT2D eigenvalue weighted by molar-refractivity contribution is 5.89. The maximum atomic E-state index is 11.3. The molecule has 0 aliphatic carbocycles. The topological polar surface area (TPSA) is 61.6 Å². The fourth-order valence-corrected chi connectivity index (χ4v) is 1.61. The van der Waals surface area contributed by atoms with Gasteiger partial charge in [-0.2, -0.15) is 0 Å². The van der Waals surface area contributed by atoms with Crippen molar-refractivity contribution in [3.8, 4) is 5.75 Å². The molecular weight excluding hydrogens is 258 g/mol. The number of ether oxygens (including phenoxy) is 2. The highest BCUT2D eigenvalue weighted by Crippen LogP contribution is 2.18. The Morgan fingerprint density at radius 2 is 2.00 bits per heavy atom. The molecule has 0 saturated carbocycles. The first-order chi connectivity index (χ1) is 9.60. The number of methoxy groups -OCH3 is 1. The largest absolute Gasteiger partial charge is 0.484 e. The van der Waals surface area contributed by atoms with Gasteiger partial charge in [-0.25, -0.2) is 9.78 Å². The average molecular weight is 275 g/mol. The van der Waals surface area contributed by atoms with Crippen molar-refractivity contribution in [2.75, 3.05) is 7.11 Å². The molecule has 0 aliphatic heterocycles. The van der Waals surface area contributed by atoms with Crippen molar-refractivity contribution in [1.29, 1.82) is 0 Å². The minimum atomic E-state index is -0.370. The molecule has 0 spiro atoms. The number of carbonyl (C=O) groups is 1. The van der Waals surface area contributed by atoms with E-state index in [1.807, 2.05) is 13.8 Å². The molecule has 0 radical (unpaired) electrons. The van der Waals surface area contributed by atoms with Gasteiger partial charge in [-0.3, -0.25) is 0 Å². The Hall–Kier alpha value is -2.30. The number of hydrogen-bond acceptors (Lipinski definition) is 5. The van der Waals surface area contributed by atoms with Crippen LogP contribution in [0.1, 0.15) is 41.8 Å². The van der Waals surface area contributed by atoms with Crippen LogP contribution in [0.5, 0.6) is 5.75 Å². The second-order valence-corrected chi connectivity index (χ2v) is 4.62. The molecule has 0 unspecified atom stereocenters. The van der Waals surface area contributed by atoms with Crippen molar-refractivity contribution in [2.45, 2.75) is 26.4 Å². The Balaban J connectivity index is 1.95. The summed E-state index contributed by atoms with van der Waals surface area (Å²) in [5.41, 5.74) is 0.484. The molecule has 2 aromatic rings. The van der Waals surface area contributed by atoms with E-state index in [9.17, 15) is 4.79 Å². The van der Waals surface area contributed by atoms with Gasteiger partial charge in [-0.05, 0) is 24.3 Å². The van der Waals surface area contributed by atoms with Gasteiger partial charge in [0.05, 0.1) is 18.9 Å². The maximum absolute atomic E-state index is 11.3. The number of benzene rings is 1. The first kappa shape index (κ1) is 14.1. The molecule has 0 amide bonds. The van der Waals surface area contributed by atoms with Crippen LogP contribution in [0.2, 0.25) is 0 Å². The number of nitrogens with zero attached hydrogens (tertiary/aromatic N) is 1. The lowest BCUT2D eigenvalue weighted by Crippen LogP contribution is -2.01. The monoisotopic (exact) mass is 275 g/mol. The Morgan fingerprint density at radius 1 is 1.30 bits per heavy atom. The summed E-state index contributed by atoms with van der Waals surface area (Å²) in [6.07, 6.45) is 1.71. The first-order valence-corrected chi connectivity index (χ1v) is 6.36. The fourth-order valence-electron chi connectivity index (χ4n) is 1.61. The summed E-state index contributed by atoms with van der Waals surface area (Å²) in [6, 6.07) is 6.71. The SMILES string of the molecule is COC(=O)c1ccc(OCc2ncc(C(C)C)o2)cc1. The lowest BCUT2D eigenvalue weighted by molar-refractivity contribution is 0.0600. The van der Waals surface area contributed by atoms with E-state index in [0.717, 1.165) is 5.76 Å². The molecule has 2 rings (SSSR count). The Labute approximate surface area is 117 Å². The van der Waals surface area contributed by atoms with Crippen molar-refractivity contribution in [3.05, 3.63) is 47.7 Å². The van der Waals surface area contributed by atoms with Crippen molar-refractivity contribution >= 4 is 5.97 Å². The second-order valence-electron chi connectivity index (χ2n) is 4.62. The van der Waals surface area contributed by atoms with E-state index >= 15 is 0 Å². The summed E-state index contributed by atoms with van der Waals surface area (Å²) in [5, 5.41) is 0. The zero-order valence-corrected chi connectivity index (χ0v) is 11.8. The third kappa shape index (κ3) is 3.38. The van der Waals surface area contributed by atoms with Gasteiger partial charge < -0.3 is 13.9 Å². The van der Waals surface area contributed by atoms with Crippen LogP contribution in [0.15, 0.2) is 34.9 Å². The third-order valence-electron chi connectivity index (χ3n) is 2.78. The molecule has 0 atom stereocenters. The van der Waals surface area contributed by atoms with Crippen molar-refractivity contribution in [1.82, 2.24) is 4.98 Å². The van der Waals surface area contributed by atoms with Crippen LogP contribution in [0.3, 0.4) is 0 Å². The fraction of sp³-hybridized carbons (Fsp3) is 0.333. The number of hydrogen-bond donors (Lipinski definition) is 0. The normalized spacial score (nSPS) is 10.6. The molecule has 0 saturated heterocycles. The smallest absolute Gasteiger partial charge is 0.337 e. The van der Waals surface area contributed by atoms with Gasteiger partial charge in [0.2, 0.25) is 5.89 Å². The van der Waals surface area contributed by atoms with Gasteiger partial charge in [0, 0.05) is 5.92 Å². The lowest BCUT2D eigenvalue weighted by atomic mass is 10.2. The minimum Gasteiger partial charge on any atom is -0.484 e. The van der Waals surface area contributed by atoms with Gasteiger partial charge in [0.1, 0.15) is 11.5 Å². The van der Waals surface area contributed by atoms with Crippen molar-refractivity contribution in [2.24, 2.45) is 0 Å². The maximum Gasteiger partial charge on any atom is 0.337 e. The summed E-state index contributed by atoms with van der Waals surface area (Å²) < 4.78 is 15.7. The van der Waals surface area contributed by atoms with Crippen LogP contribution in [0, 0.1) is 0 Å². The highest BCUT2D eigenvalue weighted by Gasteiger charge is 2.08. The number of esters is 1. The molecule has 0 fully saturated rings. The standard InChI is InChI=1S/C15H17NO4/c1-10(2)13-8-16-14(20-13)9-19-12-6-4-11(5-7-12)15(17)18-3/h4-8,10H,9H2,1-3H3. The highest BCUT2D eigenvalue weighted by atomic mass is 16.5. The van der Waals surface area contributed by atoms with E-state index in [1.54, 1.807) is 30.5 Å². The van der Waals surface area contributed by atoms with Gasteiger partial charge in [-0.1, -0.05) is 13.8 Å². The van der Waals surface area contributed by atoms with E-state index in [-0.39, 0.29) is 12.6 Å². The van der Waals surface area contributed by atoms with Crippen LogP contribution in [-0.4, -0.2) is 18.1 Å². The van der Waals surface area contributed by atoms with Crippen LogP contribution in [0.4, 0.5) is 0 Å². The average Bonchev–Trinajstić information content (AvgIpc) is 2.94. The molecule has 20 heavy (non-hydrogen) atoms. The molecular formula is C15H17NO4. The van der Waals surface area contributed by atoms with E-state index in [1.165, 1.54) is 7.11 Å². The lowest BCUT2D eigenvalue weighted by Gasteiger charge is -2.04. The zero-order valence-electron chi connectivity index (χ0n) is 11.8. The van der Waals surface area contributed by atoms with Gasteiger partial charge in [0.15, 0.2) is 6.61 Å². The molecule has 1 aromatic carbocycles. The predicted octanol–water partition coefficient (Wildman–Crippen LogP) is 3.16. The van der Waals surface area contributed by atoms with Crippen LogP contribution >= 0.6 is 0 Å². The molecule has 106 valence electrons. The van der Waals surface area contributed by atoms with E-state index in [0.29, 0.717) is 23.1 Å². The van der Waals surface area contributed by atoms with Crippen molar-refractivity contribution < 1.29 is 18.7 Å². The van der Waals surface area contributed by atoms with Crippen molar-refractivity contribution in [3.63, 3.8) is 0 Å². The van der Waals surface area contributed by atoms with E-state index in [2.05, 4.69) is 9.72 Å². The van der Waals surface area contributed by atoms with E-state index in [4.69, 9.17) is 9.15 Å². The number of carbonyl (C=O) groups excluding carboxylic acids is 1. The predicted molar refractivity (Wildman–Crippen MR) is 72.7 cm³/mol. The summed E-state index contributed by atoms with van der Waals surface area (Å²) >= 11 is 0. The summed E-state index contributed by atoms with van der Waals surface area (Å²) in [5.74, 6) is 1.94. The molecule has 5 heteroatoms. The summed E-state index contributed by atoms with van der Waals surface area (Å²) in [4.78, 5) is 15.4. The van der Waals surface area contributed by atoms with Gasteiger partial charge in [-0.15, -0.1) is 0 Å². The molecule has 0 bridgehead atoms. The van der Waals surface area contributed by atoms with Gasteiger partial charge >= 0.3 is 5.97 Å². The second kappa shape index (κ2) is 6.23.